The molecule has 0 aliphatic carbocycles. The van der Waals surface area contributed by atoms with Gasteiger partial charge in [-0.05, 0) is 49.2 Å². The summed E-state index contributed by atoms with van der Waals surface area (Å²) in [6, 6.07) is 21.9. The summed E-state index contributed by atoms with van der Waals surface area (Å²) in [6.45, 7) is 4.03. The van der Waals surface area contributed by atoms with Crippen molar-refractivity contribution in [3.05, 3.63) is 106 Å². The minimum Gasteiger partial charge on any atom is -0.360 e. The van der Waals surface area contributed by atoms with Crippen molar-refractivity contribution in [1.82, 2.24) is 29.1 Å². The van der Waals surface area contributed by atoms with Gasteiger partial charge in [0, 0.05) is 46.4 Å². The highest BCUT2D eigenvalue weighted by Crippen LogP contribution is 2.33. The van der Waals surface area contributed by atoms with Crippen molar-refractivity contribution in [3.63, 3.8) is 0 Å². The Hall–Kier alpha value is -4.17. The zero-order chi connectivity index (χ0) is 23.9. The number of fused-ring (bicyclic) bond motifs is 2. The van der Waals surface area contributed by atoms with E-state index < -0.39 is 0 Å². The van der Waals surface area contributed by atoms with E-state index in [9.17, 15) is 4.79 Å². The van der Waals surface area contributed by atoms with Crippen LogP contribution in [-0.4, -0.2) is 29.1 Å². The second-order valence-electron chi connectivity index (χ2n) is 8.54. The molecule has 1 N–H and O–H groups in total. The summed E-state index contributed by atoms with van der Waals surface area (Å²) in [5.74, 6) is 1.26. The number of pyridine rings is 1. The summed E-state index contributed by atoms with van der Waals surface area (Å²) >= 11 is 1.51. The van der Waals surface area contributed by atoms with Crippen LogP contribution in [0.4, 0.5) is 0 Å². The monoisotopic (exact) mass is 478 g/mol. The Morgan fingerprint density at radius 3 is 2.71 bits per heavy atom. The van der Waals surface area contributed by atoms with Gasteiger partial charge in [0.2, 0.25) is 0 Å². The molecule has 0 fully saturated rings. The van der Waals surface area contributed by atoms with Gasteiger partial charge in [-0.3, -0.25) is 13.8 Å². The van der Waals surface area contributed by atoms with E-state index in [1.54, 1.807) is 10.5 Å². The molecule has 4 heterocycles. The molecule has 7 nitrogen and oxygen atoms in total. The van der Waals surface area contributed by atoms with Gasteiger partial charge in [0.25, 0.3) is 5.56 Å². The van der Waals surface area contributed by atoms with E-state index in [0.29, 0.717) is 17.1 Å². The average Bonchev–Trinajstić information content (AvgIpc) is 3.47. The van der Waals surface area contributed by atoms with Crippen molar-refractivity contribution in [2.75, 3.05) is 0 Å². The fourth-order valence-electron chi connectivity index (χ4n) is 4.26. The summed E-state index contributed by atoms with van der Waals surface area (Å²) in [4.78, 5) is 20.7. The molecule has 4 aromatic heterocycles. The Morgan fingerprint density at radius 1 is 0.943 bits per heavy atom. The molecule has 0 aliphatic heterocycles. The number of thioether (sulfide) groups is 1. The topological polar surface area (TPSA) is 80.9 Å². The van der Waals surface area contributed by atoms with Crippen LogP contribution in [0.5, 0.6) is 0 Å². The van der Waals surface area contributed by atoms with Crippen LogP contribution < -0.4 is 5.56 Å². The number of nitrogens with one attached hydrogen (secondary N) is 1. The maximum atomic E-state index is 12.7. The number of hydrogen-bond donors (Lipinski definition) is 1. The molecule has 0 atom stereocenters. The van der Waals surface area contributed by atoms with Crippen LogP contribution in [-0.2, 0) is 5.75 Å². The summed E-state index contributed by atoms with van der Waals surface area (Å²) in [5, 5.41) is 11.0. The zero-order valence-electron chi connectivity index (χ0n) is 19.3. The lowest BCUT2D eigenvalue weighted by Gasteiger charge is -2.11. The van der Waals surface area contributed by atoms with Gasteiger partial charge in [0.15, 0.2) is 11.0 Å². The Morgan fingerprint density at radius 2 is 1.83 bits per heavy atom. The van der Waals surface area contributed by atoms with Crippen LogP contribution in [0, 0.1) is 13.8 Å². The van der Waals surface area contributed by atoms with Crippen molar-refractivity contribution < 1.29 is 0 Å². The predicted octanol–water partition coefficient (Wildman–Crippen LogP) is 5.33. The smallest absolute Gasteiger partial charge is 0.258 e. The number of H-pyrrole nitrogens is 1. The zero-order valence-corrected chi connectivity index (χ0v) is 20.1. The standard InChI is InChI=1S/C27H22N6OS/c1-17-6-5-7-20(12-17)33-26(22-14-28-23-9-4-3-8-21(22)23)30-31-27(33)35-16-19-13-25(34)32-15-18(2)10-11-24(32)29-19/h3-15,28H,16H2,1-2H3. The van der Waals surface area contributed by atoms with Gasteiger partial charge in [-0.15, -0.1) is 10.2 Å². The maximum Gasteiger partial charge on any atom is 0.258 e. The van der Waals surface area contributed by atoms with Crippen LogP contribution in [0.25, 0.3) is 33.6 Å². The van der Waals surface area contributed by atoms with E-state index in [1.165, 1.54) is 11.8 Å². The van der Waals surface area contributed by atoms with Gasteiger partial charge >= 0.3 is 0 Å². The highest BCUT2D eigenvalue weighted by atomic mass is 32.2. The first-order valence-corrected chi connectivity index (χ1v) is 12.3. The van der Waals surface area contributed by atoms with Gasteiger partial charge < -0.3 is 4.98 Å². The SMILES string of the molecule is Cc1cccc(-n2c(SCc3cc(=O)n4cc(C)ccc4n3)nnc2-c2c[nH]c3ccccc23)c1. The number of aryl methyl sites for hydroxylation is 2. The molecule has 0 saturated heterocycles. The number of hydrogen-bond acceptors (Lipinski definition) is 5. The molecule has 6 aromatic rings. The van der Waals surface area contributed by atoms with E-state index in [4.69, 9.17) is 0 Å². The molecule has 0 radical (unpaired) electrons. The van der Waals surface area contributed by atoms with Gasteiger partial charge in [-0.1, -0.05) is 48.2 Å². The van der Waals surface area contributed by atoms with Crippen LogP contribution in [0.15, 0.2) is 89.1 Å². The molecular formula is C27H22N6OS. The van der Waals surface area contributed by atoms with Crippen molar-refractivity contribution in [1.29, 1.82) is 0 Å². The van der Waals surface area contributed by atoms with E-state index in [2.05, 4.69) is 55.9 Å². The molecule has 0 saturated carbocycles. The van der Waals surface area contributed by atoms with Crippen LogP contribution in [0.3, 0.4) is 0 Å². The Bertz CT molecular complexity index is 1760. The third kappa shape index (κ3) is 3.91. The number of benzene rings is 2. The Balaban J connectivity index is 1.42. The normalized spacial score (nSPS) is 11.5. The number of aromatic amines is 1. The number of nitrogens with zero attached hydrogens (tertiary/aromatic N) is 5. The van der Waals surface area contributed by atoms with E-state index >= 15 is 0 Å². The average molecular weight is 479 g/mol. The summed E-state index contributed by atoms with van der Waals surface area (Å²) < 4.78 is 3.65. The highest BCUT2D eigenvalue weighted by molar-refractivity contribution is 7.98. The van der Waals surface area contributed by atoms with Crippen LogP contribution in [0.2, 0.25) is 0 Å². The second kappa shape index (κ2) is 8.56. The lowest BCUT2D eigenvalue weighted by atomic mass is 10.1. The molecule has 2 aromatic carbocycles. The Kier molecular flexibility index (Phi) is 5.22. The van der Waals surface area contributed by atoms with Crippen LogP contribution in [0.1, 0.15) is 16.8 Å². The molecule has 0 spiro atoms. The highest BCUT2D eigenvalue weighted by Gasteiger charge is 2.19. The predicted molar refractivity (Wildman–Crippen MR) is 139 cm³/mol. The van der Waals surface area contributed by atoms with Crippen molar-refractivity contribution in [2.45, 2.75) is 24.8 Å². The first-order valence-electron chi connectivity index (χ1n) is 11.3. The molecule has 35 heavy (non-hydrogen) atoms. The van der Waals surface area contributed by atoms with Gasteiger partial charge in [-0.25, -0.2) is 4.98 Å². The summed E-state index contributed by atoms with van der Waals surface area (Å²) in [6.07, 6.45) is 3.78. The molecule has 0 amide bonds. The minimum absolute atomic E-state index is 0.0890. The molecule has 172 valence electrons. The third-order valence-corrected chi connectivity index (χ3v) is 6.90. The number of aromatic nitrogens is 6. The maximum absolute atomic E-state index is 12.7. The van der Waals surface area contributed by atoms with Gasteiger partial charge in [0.1, 0.15) is 5.65 Å². The molecule has 8 heteroatoms. The Labute approximate surface area is 205 Å². The first-order chi connectivity index (χ1) is 17.1. The fourth-order valence-corrected chi connectivity index (χ4v) is 5.11. The molecular weight excluding hydrogens is 456 g/mol. The van der Waals surface area contributed by atoms with Crippen molar-refractivity contribution in [2.24, 2.45) is 0 Å². The lowest BCUT2D eigenvalue weighted by molar-refractivity contribution is 0.883. The molecule has 6 rings (SSSR count). The van der Waals surface area contributed by atoms with E-state index in [1.807, 2.05) is 55.7 Å². The minimum atomic E-state index is -0.0890. The number of rotatable bonds is 5. The largest absolute Gasteiger partial charge is 0.360 e. The third-order valence-electron chi connectivity index (χ3n) is 5.93. The first kappa shape index (κ1) is 21.4. The van der Waals surface area contributed by atoms with E-state index in [-0.39, 0.29) is 5.56 Å². The lowest BCUT2D eigenvalue weighted by Crippen LogP contribution is -2.15. The summed E-state index contributed by atoms with van der Waals surface area (Å²) in [7, 11) is 0. The molecule has 0 unspecified atom stereocenters. The summed E-state index contributed by atoms with van der Waals surface area (Å²) in [5.41, 5.74) is 6.44. The second-order valence-corrected chi connectivity index (χ2v) is 9.48. The van der Waals surface area contributed by atoms with Gasteiger partial charge in [-0.2, -0.15) is 0 Å². The molecule has 0 aliphatic rings. The van der Waals surface area contributed by atoms with E-state index in [0.717, 1.165) is 44.3 Å². The molecule has 0 bridgehead atoms. The number of para-hydroxylation sites is 1. The van der Waals surface area contributed by atoms with Crippen LogP contribution >= 0.6 is 11.8 Å². The van der Waals surface area contributed by atoms with Crippen molar-refractivity contribution in [3.8, 4) is 17.1 Å². The fraction of sp³-hybridized carbons (Fsp3) is 0.111. The quantitative estimate of drug-likeness (QED) is 0.339. The van der Waals surface area contributed by atoms with Gasteiger partial charge in [0.05, 0.1) is 5.69 Å². The van der Waals surface area contributed by atoms with Crippen molar-refractivity contribution >= 4 is 28.3 Å².